The highest BCUT2D eigenvalue weighted by Gasteiger charge is 2.32. The molecule has 0 atom stereocenters. The molecule has 0 bridgehead atoms. The number of nitrogens with zero attached hydrogens (tertiary/aromatic N) is 3. The Kier molecular flexibility index (Phi) is 7.83. The maximum Gasteiger partial charge on any atom is 0.251 e. The van der Waals surface area contributed by atoms with E-state index in [0.717, 1.165) is 22.3 Å². The van der Waals surface area contributed by atoms with E-state index in [1.54, 1.807) is 6.07 Å². The summed E-state index contributed by atoms with van der Waals surface area (Å²) in [5, 5.41) is 0.610. The zero-order valence-corrected chi connectivity index (χ0v) is 21.0. The number of aromatic nitrogens is 1. The average Bonchev–Trinajstić information content (AvgIpc) is 3.15. The highest BCUT2D eigenvalue weighted by molar-refractivity contribution is 7.89. The lowest BCUT2D eigenvalue weighted by Gasteiger charge is -2.29. The molecule has 2 heterocycles. The van der Waals surface area contributed by atoms with Crippen LogP contribution in [0.2, 0.25) is 5.02 Å². The fourth-order valence-electron chi connectivity index (χ4n) is 3.93. The number of rotatable bonds is 7. The predicted octanol–water partition coefficient (Wildman–Crippen LogP) is 4.06. The van der Waals surface area contributed by atoms with Crippen LogP contribution in [0.1, 0.15) is 19.8 Å². The van der Waals surface area contributed by atoms with Gasteiger partial charge in [0.2, 0.25) is 10.0 Å². The number of halogens is 2. The lowest BCUT2D eigenvalue weighted by molar-refractivity contribution is -0.122. The molecule has 0 N–H and O–H groups in total. The minimum atomic E-state index is -3.73. The van der Waals surface area contributed by atoms with Crippen LogP contribution in [-0.2, 0) is 26.1 Å². The molecule has 11 heteroatoms. The molecule has 7 nitrogen and oxygen atoms in total. The molecule has 1 aromatic heterocycles. The van der Waals surface area contributed by atoms with Crippen molar-refractivity contribution in [3.05, 3.63) is 58.1 Å². The zero-order valence-electron chi connectivity index (χ0n) is 18.6. The molecule has 0 radical (unpaired) electrons. The maximum atomic E-state index is 13.2. The molecule has 0 unspecified atom stereocenters. The summed E-state index contributed by atoms with van der Waals surface area (Å²) in [6, 6.07) is 10.3. The van der Waals surface area contributed by atoms with Gasteiger partial charge in [-0.05, 0) is 62.2 Å². The Morgan fingerprint density at radius 1 is 1.21 bits per heavy atom. The molecule has 182 valence electrons. The molecule has 0 saturated carbocycles. The molecule has 1 aliphatic rings. The van der Waals surface area contributed by atoms with Gasteiger partial charge in [0.15, 0.2) is 4.80 Å². The smallest absolute Gasteiger partial charge is 0.251 e. The molecular weight excluding hydrogens is 501 g/mol. The quantitative estimate of drug-likeness (QED) is 0.436. The molecule has 2 aromatic carbocycles. The standard InChI is InChI=1S/C23H25ClFN3O4S2/c1-2-32-14-13-28-20-8-3-17(24)15-21(20)33-23(28)26-22(29)16-9-11-27(12-10-16)34(30,31)19-6-4-18(25)5-7-19/h3-8,15-16H,2,9-14H2,1H3. The van der Waals surface area contributed by atoms with Crippen molar-refractivity contribution >= 4 is 49.1 Å². The summed E-state index contributed by atoms with van der Waals surface area (Å²) in [6.45, 7) is 3.98. The molecule has 1 saturated heterocycles. The largest absolute Gasteiger partial charge is 0.380 e. The summed E-state index contributed by atoms with van der Waals surface area (Å²) >= 11 is 7.53. The highest BCUT2D eigenvalue weighted by Crippen LogP contribution is 2.26. The molecule has 1 fully saturated rings. The Morgan fingerprint density at radius 3 is 2.59 bits per heavy atom. The number of ether oxygens (including phenoxy) is 1. The SMILES string of the molecule is CCOCCn1c(=NC(=O)C2CCN(S(=O)(=O)c3ccc(F)cc3)CC2)sc2cc(Cl)ccc21. The van der Waals surface area contributed by atoms with E-state index in [9.17, 15) is 17.6 Å². The Hall–Kier alpha value is -2.11. The number of carbonyl (C=O) groups is 1. The lowest BCUT2D eigenvalue weighted by Crippen LogP contribution is -2.40. The van der Waals surface area contributed by atoms with Gasteiger partial charge in [0.1, 0.15) is 5.82 Å². The molecule has 0 spiro atoms. The van der Waals surface area contributed by atoms with Crippen LogP contribution in [0.3, 0.4) is 0 Å². The summed E-state index contributed by atoms with van der Waals surface area (Å²) in [5.41, 5.74) is 0.931. The van der Waals surface area contributed by atoms with Crippen LogP contribution in [0.25, 0.3) is 10.2 Å². The van der Waals surface area contributed by atoms with E-state index in [4.69, 9.17) is 16.3 Å². The number of piperidine rings is 1. The van der Waals surface area contributed by atoms with Crippen molar-refractivity contribution in [3.63, 3.8) is 0 Å². The zero-order chi connectivity index (χ0) is 24.3. The van der Waals surface area contributed by atoms with Crippen LogP contribution < -0.4 is 4.80 Å². The molecule has 1 amide bonds. The summed E-state index contributed by atoms with van der Waals surface area (Å²) in [4.78, 5) is 18.1. The van der Waals surface area contributed by atoms with Crippen molar-refractivity contribution in [2.45, 2.75) is 31.2 Å². The Labute approximate surface area is 206 Å². The van der Waals surface area contributed by atoms with E-state index in [1.807, 2.05) is 23.6 Å². The van der Waals surface area contributed by atoms with Crippen LogP contribution in [0.4, 0.5) is 4.39 Å². The first-order valence-corrected chi connectivity index (χ1v) is 13.6. The molecule has 34 heavy (non-hydrogen) atoms. The van der Waals surface area contributed by atoms with Crippen LogP contribution in [0, 0.1) is 11.7 Å². The summed E-state index contributed by atoms with van der Waals surface area (Å²) in [6.07, 6.45) is 0.747. The predicted molar refractivity (Wildman–Crippen MR) is 130 cm³/mol. The minimum absolute atomic E-state index is 0.0441. The highest BCUT2D eigenvalue weighted by atomic mass is 35.5. The number of sulfonamides is 1. The molecule has 0 aliphatic carbocycles. The van der Waals surface area contributed by atoms with E-state index in [0.29, 0.717) is 42.4 Å². The van der Waals surface area contributed by atoms with E-state index in [2.05, 4.69) is 4.99 Å². The average molecular weight is 526 g/mol. The van der Waals surface area contributed by atoms with Crippen molar-refractivity contribution in [1.82, 2.24) is 8.87 Å². The molecule has 1 aliphatic heterocycles. The summed E-state index contributed by atoms with van der Waals surface area (Å²) in [7, 11) is -3.73. The monoisotopic (exact) mass is 525 g/mol. The molecule has 4 rings (SSSR count). The third-order valence-corrected chi connectivity index (χ3v) is 8.96. The number of fused-ring (bicyclic) bond motifs is 1. The van der Waals surface area contributed by atoms with Gasteiger partial charge in [0, 0.05) is 37.2 Å². The van der Waals surface area contributed by atoms with Gasteiger partial charge < -0.3 is 9.30 Å². The maximum absolute atomic E-state index is 13.2. The van der Waals surface area contributed by atoms with Crippen LogP contribution in [-0.4, -0.2) is 49.5 Å². The molecule has 3 aromatic rings. The Morgan fingerprint density at radius 2 is 1.91 bits per heavy atom. The van der Waals surface area contributed by atoms with Crippen molar-refractivity contribution in [3.8, 4) is 0 Å². The van der Waals surface area contributed by atoms with Gasteiger partial charge in [0.25, 0.3) is 5.91 Å². The van der Waals surface area contributed by atoms with Crippen molar-refractivity contribution in [2.75, 3.05) is 26.3 Å². The fourth-order valence-corrected chi connectivity index (χ4v) is 6.74. The normalized spacial score (nSPS) is 16.4. The second kappa shape index (κ2) is 10.7. The first-order valence-electron chi connectivity index (χ1n) is 11.0. The third kappa shape index (κ3) is 5.41. The first kappa shape index (κ1) is 25.0. The van der Waals surface area contributed by atoms with E-state index in [-0.39, 0.29) is 29.8 Å². The van der Waals surface area contributed by atoms with E-state index < -0.39 is 15.8 Å². The number of hydrogen-bond acceptors (Lipinski definition) is 5. The van der Waals surface area contributed by atoms with Crippen LogP contribution in [0.15, 0.2) is 52.4 Å². The van der Waals surface area contributed by atoms with Gasteiger partial charge in [0.05, 0.1) is 21.7 Å². The van der Waals surface area contributed by atoms with Gasteiger partial charge in [-0.1, -0.05) is 22.9 Å². The topological polar surface area (TPSA) is 81.0 Å². The van der Waals surface area contributed by atoms with Crippen molar-refractivity contribution < 1.29 is 22.3 Å². The van der Waals surface area contributed by atoms with Gasteiger partial charge in [-0.15, -0.1) is 0 Å². The van der Waals surface area contributed by atoms with Gasteiger partial charge >= 0.3 is 0 Å². The van der Waals surface area contributed by atoms with E-state index >= 15 is 0 Å². The number of thiazole rings is 1. The lowest BCUT2D eigenvalue weighted by atomic mass is 9.98. The summed E-state index contributed by atoms with van der Waals surface area (Å²) < 4.78 is 48.5. The van der Waals surface area contributed by atoms with Crippen LogP contribution in [0.5, 0.6) is 0 Å². The number of carbonyl (C=O) groups excluding carboxylic acids is 1. The fraction of sp³-hybridized carbons (Fsp3) is 0.391. The third-order valence-electron chi connectivity index (χ3n) is 5.77. The van der Waals surface area contributed by atoms with Gasteiger partial charge in [-0.3, -0.25) is 4.79 Å². The van der Waals surface area contributed by atoms with Gasteiger partial charge in [-0.2, -0.15) is 9.30 Å². The van der Waals surface area contributed by atoms with Crippen LogP contribution >= 0.6 is 22.9 Å². The molecular formula is C23H25ClFN3O4S2. The number of amides is 1. The Balaban J connectivity index is 1.51. The van der Waals surface area contributed by atoms with Crippen molar-refractivity contribution in [1.29, 1.82) is 0 Å². The second-order valence-electron chi connectivity index (χ2n) is 7.93. The Bertz CT molecular complexity index is 1340. The summed E-state index contributed by atoms with van der Waals surface area (Å²) in [5.74, 6) is -1.12. The number of hydrogen-bond donors (Lipinski definition) is 0. The van der Waals surface area contributed by atoms with E-state index in [1.165, 1.54) is 27.8 Å². The second-order valence-corrected chi connectivity index (χ2v) is 11.3. The van der Waals surface area contributed by atoms with Gasteiger partial charge in [-0.25, -0.2) is 12.8 Å². The van der Waals surface area contributed by atoms with Crippen molar-refractivity contribution in [2.24, 2.45) is 10.9 Å². The number of benzene rings is 2. The minimum Gasteiger partial charge on any atom is -0.380 e. The first-order chi connectivity index (χ1) is 16.3.